The minimum atomic E-state index is -0.889. The number of halogens is 1. The Kier molecular flexibility index (Phi) is 4.45. The fraction of sp³-hybridized carbons (Fsp3) is 0.467. The number of benzene rings is 1. The van der Waals surface area contributed by atoms with Crippen LogP contribution in [0, 0.1) is 17.7 Å². The first-order valence-electron chi connectivity index (χ1n) is 6.92. The fourth-order valence-corrected chi connectivity index (χ4v) is 2.63. The maximum absolute atomic E-state index is 13.7. The van der Waals surface area contributed by atoms with Gasteiger partial charge in [-0.15, -0.1) is 0 Å². The van der Waals surface area contributed by atoms with Crippen molar-refractivity contribution < 1.29 is 19.1 Å². The van der Waals surface area contributed by atoms with E-state index >= 15 is 0 Å². The molecule has 0 saturated carbocycles. The SMILES string of the molecule is CC(NC(=O)N1C[C@@H](C)[C@H](C(=O)O)C1)c1ccccc1F. The van der Waals surface area contributed by atoms with Crippen molar-refractivity contribution in [3.05, 3.63) is 35.6 Å². The van der Waals surface area contributed by atoms with E-state index in [1.54, 1.807) is 25.1 Å². The number of urea groups is 1. The van der Waals surface area contributed by atoms with Gasteiger partial charge in [0.05, 0.1) is 12.0 Å². The number of hydrogen-bond acceptors (Lipinski definition) is 2. The standard InChI is InChI=1S/C15H19FN2O3/c1-9-7-18(8-12(9)14(19)20)15(21)17-10(2)11-5-3-4-6-13(11)16/h3-6,9-10,12H,7-8H2,1-2H3,(H,17,21)(H,19,20)/t9-,10?,12-/m1/s1. The topological polar surface area (TPSA) is 69.6 Å². The summed E-state index contributed by atoms with van der Waals surface area (Å²) in [6, 6.07) is 5.43. The van der Waals surface area contributed by atoms with Gasteiger partial charge in [0, 0.05) is 18.7 Å². The molecule has 1 aromatic carbocycles. The second-order valence-electron chi connectivity index (χ2n) is 5.52. The highest BCUT2D eigenvalue weighted by Crippen LogP contribution is 2.24. The molecule has 2 rings (SSSR count). The molecule has 0 spiro atoms. The van der Waals surface area contributed by atoms with E-state index < -0.39 is 17.9 Å². The summed E-state index contributed by atoms with van der Waals surface area (Å²) in [7, 11) is 0. The van der Waals surface area contributed by atoms with Gasteiger partial charge < -0.3 is 15.3 Å². The van der Waals surface area contributed by atoms with Crippen LogP contribution in [0.3, 0.4) is 0 Å². The Morgan fingerprint density at radius 2 is 2.05 bits per heavy atom. The third kappa shape index (κ3) is 3.32. The van der Waals surface area contributed by atoms with E-state index in [-0.39, 0.29) is 24.3 Å². The first-order chi connectivity index (χ1) is 9.90. The van der Waals surface area contributed by atoms with Gasteiger partial charge in [-0.2, -0.15) is 0 Å². The van der Waals surface area contributed by atoms with Crippen molar-refractivity contribution in [1.82, 2.24) is 10.2 Å². The molecule has 1 unspecified atom stereocenters. The van der Waals surface area contributed by atoms with Crippen molar-refractivity contribution in [2.75, 3.05) is 13.1 Å². The van der Waals surface area contributed by atoms with Crippen molar-refractivity contribution in [3.8, 4) is 0 Å². The minimum absolute atomic E-state index is 0.0861. The molecule has 1 saturated heterocycles. The summed E-state index contributed by atoms with van der Waals surface area (Å²) >= 11 is 0. The van der Waals surface area contributed by atoms with E-state index in [0.717, 1.165) is 0 Å². The fourth-order valence-electron chi connectivity index (χ4n) is 2.63. The van der Waals surface area contributed by atoms with Gasteiger partial charge in [-0.1, -0.05) is 25.1 Å². The normalized spacial score (nSPS) is 22.9. The average molecular weight is 294 g/mol. The smallest absolute Gasteiger partial charge is 0.317 e. The van der Waals surface area contributed by atoms with Crippen LogP contribution in [-0.4, -0.2) is 35.1 Å². The maximum atomic E-state index is 13.7. The van der Waals surface area contributed by atoms with E-state index in [2.05, 4.69) is 5.32 Å². The van der Waals surface area contributed by atoms with Crippen LogP contribution >= 0.6 is 0 Å². The second-order valence-corrected chi connectivity index (χ2v) is 5.52. The summed E-state index contributed by atoms with van der Waals surface area (Å²) in [5, 5.41) is 11.8. The minimum Gasteiger partial charge on any atom is -0.481 e. The lowest BCUT2D eigenvalue weighted by Crippen LogP contribution is -2.40. The molecule has 0 aliphatic carbocycles. The maximum Gasteiger partial charge on any atom is 0.317 e. The van der Waals surface area contributed by atoms with Gasteiger partial charge in [0.1, 0.15) is 5.82 Å². The van der Waals surface area contributed by atoms with E-state index in [4.69, 9.17) is 5.11 Å². The zero-order valence-corrected chi connectivity index (χ0v) is 12.0. The molecule has 1 aliphatic heterocycles. The van der Waals surface area contributed by atoms with Gasteiger partial charge >= 0.3 is 12.0 Å². The molecule has 1 heterocycles. The van der Waals surface area contributed by atoms with Gasteiger partial charge in [0.15, 0.2) is 0 Å². The first kappa shape index (κ1) is 15.3. The van der Waals surface area contributed by atoms with Crippen LogP contribution in [0.25, 0.3) is 0 Å². The zero-order valence-electron chi connectivity index (χ0n) is 12.0. The number of nitrogens with zero attached hydrogens (tertiary/aromatic N) is 1. The lowest BCUT2D eigenvalue weighted by atomic mass is 9.99. The molecule has 0 bridgehead atoms. The van der Waals surface area contributed by atoms with E-state index in [0.29, 0.717) is 12.1 Å². The van der Waals surface area contributed by atoms with Crippen LogP contribution in [0.15, 0.2) is 24.3 Å². The number of aliphatic carboxylic acids is 1. The Hall–Kier alpha value is -2.11. The molecule has 2 N–H and O–H groups in total. The van der Waals surface area contributed by atoms with Gasteiger partial charge in [-0.05, 0) is 18.9 Å². The molecule has 6 heteroatoms. The number of amides is 2. The van der Waals surface area contributed by atoms with Crippen molar-refractivity contribution in [3.63, 3.8) is 0 Å². The molecule has 1 aromatic rings. The largest absolute Gasteiger partial charge is 0.481 e. The molecule has 21 heavy (non-hydrogen) atoms. The van der Waals surface area contributed by atoms with Crippen LogP contribution in [-0.2, 0) is 4.79 Å². The predicted octanol–water partition coefficient (Wildman–Crippen LogP) is 2.25. The quantitative estimate of drug-likeness (QED) is 0.898. The first-order valence-corrected chi connectivity index (χ1v) is 6.92. The third-order valence-electron chi connectivity index (χ3n) is 3.93. The Labute approximate surface area is 122 Å². The van der Waals surface area contributed by atoms with E-state index in [1.807, 2.05) is 6.92 Å². The Morgan fingerprint density at radius 3 is 2.62 bits per heavy atom. The summed E-state index contributed by atoms with van der Waals surface area (Å²) in [4.78, 5) is 24.7. The summed E-state index contributed by atoms with van der Waals surface area (Å²) in [5.74, 6) is -1.89. The van der Waals surface area contributed by atoms with Crippen molar-refractivity contribution in [1.29, 1.82) is 0 Å². The lowest BCUT2D eigenvalue weighted by Gasteiger charge is -2.21. The number of carbonyl (C=O) groups is 2. The summed E-state index contributed by atoms with van der Waals surface area (Å²) < 4.78 is 13.7. The Morgan fingerprint density at radius 1 is 1.38 bits per heavy atom. The lowest BCUT2D eigenvalue weighted by molar-refractivity contribution is -0.142. The molecule has 2 amide bonds. The van der Waals surface area contributed by atoms with E-state index in [1.165, 1.54) is 11.0 Å². The highest BCUT2D eigenvalue weighted by atomic mass is 19.1. The van der Waals surface area contributed by atoms with Crippen molar-refractivity contribution >= 4 is 12.0 Å². The second kappa shape index (κ2) is 6.11. The van der Waals surface area contributed by atoms with Gasteiger partial charge in [0.25, 0.3) is 0 Å². The molecule has 0 radical (unpaired) electrons. The molecular formula is C15H19FN2O3. The zero-order chi connectivity index (χ0) is 15.6. The molecule has 114 valence electrons. The average Bonchev–Trinajstić information content (AvgIpc) is 2.81. The molecular weight excluding hydrogens is 275 g/mol. The van der Waals surface area contributed by atoms with Crippen molar-refractivity contribution in [2.45, 2.75) is 19.9 Å². The van der Waals surface area contributed by atoms with Crippen LogP contribution in [0.2, 0.25) is 0 Å². The van der Waals surface area contributed by atoms with Crippen molar-refractivity contribution in [2.24, 2.45) is 11.8 Å². The monoisotopic (exact) mass is 294 g/mol. The summed E-state index contributed by atoms with van der Waals surface area (Å²) in [6.45, 7) is 4.09. The van der Waals surface area contributed by atoms with Crippen LogP contribution in [0.4, 0.5) is 9.18 Å². The van der Waals surface area contributed by atoms with Crippen LogP contribution in [0.5, 0.6) is 0 Å². The number of carboxylic acids is 1. The number of hydrogen-bond donors (Lipinski definition) is 2. The number of carbonyl (C=O) groups excluding carboxylic acids is 1. The van der Waals surface area contributed by atoms with Crippen LogP contribution < -0.4 is 5.32 Å². The molecule has 0 aromatic heterocycles. The van der Waals surface area contributed by atoms with Crippen LogP contribution in [0.1, 0.15) is 25.5 Å². The highest BCUT2D eigenvalue weighted by molar-refractivity contribution is 5.78. The number of likely N-dealkylation sites (tertiary alicyclic amines) is 1. The van der Waals surface area contributed by atoms with Gasteiger partial charge in [-0.25, -0.2) is 9.18 Å². The highest BCUT2D eigenvalue weighted by Gasteiger charge is 2.37. The predicted molar refractivity (Wildman–Crippen MR) is 75.2 cm³/mol. The summed E-state index contributed by atoms with van der Waals surface area (Å²) in [6.07, 6.45) is 0. The Bertz CT molecular complexity index is 549. The molecule has 5 nitrogen and oxygen atoms in total. The Balaban J connectivity index is 1.99. The van der Waals surface area contributed by atoms with Gasteiger partial charge in [0.2, 0.25) is 0 Å². The molecule has 3 atom stereocenters. The third-order valence-corrected chi connectivity index (χ3v) is 3.93. The molecule has 1 aliphatic rings. The van der Waals surface area contributed by atoms with E-state index in [9.17, 15) is 14.0 Å². The number of carboxylic acid groups (broad SMARTS) is 1. The summed E-state index contributed by atoms with van der Waals surface area (Å²) in [5.41, 5.74) is 0.410. The number of nitrogens with one attached hydrogen (secondary N) is 1. The molecule has 1 fully saturated rings. The number of rotatable bonds is 3. The van der Waals surface area contributed by atoms with Gasteiger partial charge in [-0.3, -0.25) is 4.79 Å².